The summed E-state index contributed by atoms with van der Waals surface area (Å²) < 4.78 is 25.6. The third-order valence-electron chi connectivity index (χ3n) is 3.55. The predicted octanol–water partition coefficient (Wildman–Crippen LogP) is 0.505. The molecule has 88 valence electrons. The second kappa shape index (κ2) is 4.03. The van der Waals surface area contributed by atoms with E-state index in [0.29, 0.717) is 0 Å². The summed E-state index contributed by atoms with van der Waals surface area (Å²) in [5.74, 6) is 0. The Morgan fingerprint density at radius 2 is 1.67 bits per heavy atom. The molecule has 1 aliphatic heterocycles. The lowest BCUT2D eigenvalue weighted by Gasteiger charge is -2.34. The number of rotatable bonds is 3. The van der Waals surface area contributed by atoms with Crippen LogP contribution in [0.15, 0.2) is 0 Å². The molecule has 0 spiro atoms. The maximum Gasteiger partial charge on any atom is 0.216 e. The lowest BCUT2D eigenvalue weighted by atomic mass is 10.1. The van der Waals surface area contributed by atoms with E-state index < -0.39 is 10.0 Å². The summed E-state index contributed by atoms with van der Waals surface area (Å²) in [5.41, 5.74) is 0. The third kappa shape index (κ3) is 2.34. The van der Waals surface area contributed by atoms with Gasteiger partial charge in [-0.25, -0.2) is 12.7 Å². The highest BCUT2D eigenvalue weighted by Gasteiger charge is 2.41. The molecule has 15 heavy (non-hydrogen) atoms. The maximum atomic E-state index is 12.0. The molecule has 0 aromatic rings. The minimum Gasteiger partial charge on any atom is -0.306 e. The number of sulfonamides is 1. The van der Waals surface area contributed by atoms with Crippen molar-refractivity contribution in [2.45, 2.75) is 37.0 Å². The Morgan fingerprint density at radius 1 is 1.13 bits per heavy atom. The van der Waals surface area contributed by atoms with E-state index in [1.807, 2.05) is 0 Å². The molecular weight excluding hydrogens is 212 g/mol. The number of nitrogens with zero attached hydrogens (tertiary/aromatic N) is 2. The summed E-state index contributed by atoms with van der Waals surface area (Å²) in [6, 6.07) is 0.229. The molecule has 0 radical (unpaired) electrons. The van der Waals surface area contributed by atoms with Gasteiger partial charge in [-0.1, -0.05) is 0 Å². The van der Waals surface area contributed by atoms with E-state index in [9.17, 15) is 8.42 Å². The van der Waals surface area contributed by atoms with Gasteiger partial charge < -0.3 is 4.90 Å². The van der Waals surface area contributed by atoms with Gasteiger partial charge >= 0.3 is 0 Å². The highest BCUT2D eigenvalue weighted by atomic mass is 32.2. The van der Waals surface area contributed by atoms with Crippen LogP contribution in [0.5, 0.6) is 0 Å². The fourth-order valence-corrected chi connectivity index (χ4v) is 4.00. The van der Waals surface area contributed by atoms with E-state index in [1.165, 1.54) is 0 Å². The van der Waals surface area contributed by atoms with Gasteiger partial charge in [0, 0.05) is 13.1 Å². The van der Waals surface area contributed by atoms with Crippen LogP contribution in [0.2, 0.25) is 0 Å². The summed E-state index contributed by atoms with van der Waals surface area (Å²) >= 11 is 0. The van der Waals surface area contributed by atoms with Crippen LogP contribution in [0.3, 0.4) is 0 Å². The highest BCUT2D eigenvalue weighted by Crippen LogP contribution is 2.32. The van der Waals surface area contributed by atoms with Crippen molar-refractivity contribution < 1.29 is 8.42 Å². The van der Waals surface area contributed by atoms with Crippen molar-refractivity contribution in [1.29, 1.82) is 0 Å². The van der Waals surface area contributed by atoms with E-state index in [-0.39, 0.29) is 11.3 Å². The van der Waals surface area contributed by atoms with Crippen LogP contribution in [0.25, 0.3) is 0 Å². The Kier molecular flexibility index (Phi) is 3.05. The van der Waals surface area contributed by atoms with Crippen LogP contribution < -0.4 is 0 Å². The quantitative estimate of drug-likeness (QED) is 0.711. The first kappa shape index (κ1) is 11.4. The Hall–Kier alpha value is -0.130. The first-order chi connectivity index (χ1) is 7.01. The lowest BCUT2D eigenvalue weighted by molar-refractivity contribution is 0.197. The smallest absolute Gasteiger partial charge is 0.216 e. The fraction of sp³-hybridized carbons (Fsp3) is 1.00. The molecule has 0 amide bonds. The summed E-state index contributed by atoms with van der Waals surface area (Å²) in [6.07, 6.45) is 3.66. The Labute approximate surface area is 92.3 Å². The zero-order valence-electron chi connectivity index (χ0n) is 9.52. The van der Waals surface area contributed by atoms with E-state index in [2.05, 4.69) is 11.9 Å². The molecule has 2 fully saturated rings. The van der Waals surface area contributed by atoms with Crippen molar-refractivity contribution in [3.8, 4) is 0 Å². The minimum absolute atomic E-state index is 0.0674. The Morgan fingerprint density at radius 3 is 2.13 bits per heavy atom. The largest absolute Gasteiger partial charge is 0.306 e. The van der Waals surface area contributed by atoms with Crippen molar-refractivity contribution in [3.63, 3.8) is 0 Å². The molecule has 5 heteroatoms. The highest BCUT2D eigenvalue weighted by molar-refractivity contribution is 7.90. The van der Waals surface area contributed by atoms with Gasteiger partial charge in [0.15, 0.2) is 0 Å². The van der Waals surface area contributed by atoms with Crippen LogP contribution in [-0.2, 0) is 10.0 Å². The molecule has 1 saturated heterocycles. The zero-order chi connectivity index (χ0) is 11.1. The van der Waals surface area contributed by atoms with Gasteiger partial charge in [-0.05, 0) is 45.8 Å². The van der Waals surface area contributed by atoms with E-state index in [1.54, 1.807) is 11.4 Å². The molecule has 0 unspecified atom stereocenters. The molecule has 0 aromatic carbocycles. The third-order valence-corrected chi connectivity index (χ3v) is 5.96. The molecule has 1 heterocycles. The van der Waals surface area contributed by atoms with Crippen molar-refractivity contribution in [2.75, 3.05) is 27.2 Å². The molecule has 1 aliphatic carbocycles. The van der Waals surface area contributed by atoms with Crippen molar-refractivity contribution in [2.24, 2.45) is 0 Å². The van der Waals surface area contributed by atoms with Crippen LogP contribution in [0.4, 0.5) is 0 Å². The average Bonchev–Trinajstić information content (AvgIpc) is 3.01. The minimum atomic E-state index is -2.97. The number of hydrogen-bond acceptors (Lipinski definition) is 3. The topological polar surface area (TPSA) is 40.6 Å². The molecule has 4 nitrogen and oxygen atoms in total. The second-order valence-electron chi connectivity index (χ2n) is 4.79. The van der Waals surface area contributed by atoms with Gasteiger partial charge in [0.2, 0.25) is 10.0 Å². The maximum absolute atomic E-state index is 12.0. The summed E-state index contributed by atoms with van der Waals surface area (Å²) in [6.45, 7) is 2.02. The molecule has 2 aliphatic rings. The molecule has 0 bridgehead atoms. The van der Waals surface area contributed by atoms with Crippen molar-refractivity contribution >= 4 is 10.0 Å². The molecule has 0 atom stereocenters. The summed E-state index contributed by atoms with van der Waals surface area (Å²) in [4.78, 5) is 2.26. The summed E-state index contributed by atoms with van der Waals surface area (Å²) in [7, 11) is 0.874. The van der Waals surface area contributed by atoms with Crippen LogP contribution >= 0.6 is 0 Å². The predicted molar refractivity (Wildman–Crippen MR) is 60.2 cm³/mol. The van der Waals surface area contributed by atoms with E-state index in [4.69, 9.17) is 0 Å². The lowest BCUT2D eigenvalue weighted by Crippen LogP contribution is -2.45. The molecule has 0 aromatic heterocycles. The second-order valence-corrected chi connectivity index (χ2v) is 7.07. The van der Waals surface area contributed by atoms with Gasteiger partial charge in [-0.2, -0.15) is 0 Å². The van der Waals surface area contributed by atoms with E-state index >= 15 is 0 Å². The van der Waals surface area contributed by atoms with Crippen LogP contribution in [-0.4, -0.2) is 56.1 Å². The van der Waals surface area contributed by atoms with Crippen LogP contribution in [0.1, 0.15) is 25.7 Å². The number of hydrogen-bond donors (Lipinski definition) is 0. The number of likely N-dealkylation sites (tertiary alicyclic amines) is 1. The first-order valence-electron chi connectivity index (χ1n) is 5.67. The van der Waals surface area contributed by atoms with Gasteiger partial charge in [-0.15, -0.1) is 0 Å². The Bertz CT molecular complexity index is 316. The molecular formula is C10H20N2O2S. The monoisotopic (exact) mass is 232 g/mol. The van der Waals surface area contributed by atoms with Crippen molar-refractivity contribution in [3.05, 3.63) is 0 Å². The van der Waals surface area contributed by atoms with Gasteiger partial charge in [0.1, 0.15) is 0 Å². The van der Waals surface area contributed by atoms with Gasteiger partial charge in [-0.3, -0.25) is 0 Å². The van der Waals surface area contributed by atoms with Gasteiger partial charge in [0.25, 0.3) is 0 Å². The first-order valence-corrected chi connectivity index (χ1v) is 7.17. The molecule has 2 rings (SSSR count). The van der Waals surface area contributed by atoms with Crippen molar-refractivity contribution in [1.82, 2.24) is 9.21 Å². The zero-order valence-corrected chi connectivity index (χ0v) is 10.3. The number of piperidine rings is 1. The Balaban J connectivity index is 1.98. The average molecular weight is 232 g/mol. The van der Waals surface area contributed by atoms with Gasteiger partial charge in [0.05, 0.1) is 5.25 Å². The van der Waals surface area contributed by atoms with Crippen LogP contribution in [0, 0.1) is 0 Å². The molecule has 1 saturated carbocycles. The normalized spacial score (nSPS) is 26.1. The summed E-state index contributed by atoms with van der Waals surface area (Å²) in [5, 5.41) is -0.0674. The fourth-order valence-electron chi connectivity index (χ4n) is 2.17. The SMILES string of the molecule is CN1CCC(N(C)S(=O)(=O)C2CC2)CC1. The standard InChI is InChI=1S/C10H20N2O2S/c1-11-7-5-9(6-8-11)12(2)15(13,14)10-3-4-10/h9-10H,3-8H2,1-2H3. The van der Waals surface area contributed by atoms with E-state index in [0.717, 1.165) is 38.8 Å². The molecule has 0 N–H and O–H groups in total.